The van der Waals surface area contributed by atoms with Crippen LogP contribution in [-0.2, 0) is 4.74 Å². The van der Waals surface area contributed by atoms with Gasteiger partial charge in [-0.2, -0.15) is 0 Å². The lowest BCUT2D eigenvalue weighted by Crippen LogP contribution is -2.28. The van der Waals surface area contributed by atoms with Crippen LogP contribution in [0, 0.1) is 0 Å². The zero-order chi connectivity index (χ0) is 19.3. The first kappa shape index (κ1) is 7.69. The van der Waals surface area contributed by atoms with Crippen molar-refractivity contribution in [2.24, 2.45) is 0 Å². The lowest BCUT2D eigenvalue weighted by Gasteiger charge is -2.14. The fraction of sp³-hybridized carbons (Fsp3) is 0.385. The first-order valence-electron chi connectivity index (χ1n) is 8.41. The molecule has 0 amide bonds. The first-order valence-corrected chi connectivity index (χ1v) is 6.23. The number of carbonyl (C=O) groups is 1. The van der Waals surface area contributed by atoms with Crippen molar-refractivity contribution in [3.05, 3.63) is 27.3 Å². The normalized spacial score (nSPS) is 19.5. The summed E-state index contributed by atoms with van der Waals surface area (Å²) in [5.74, 6) is -2.05. The van der Waals surface area contributed by atoms with E-state index in [1.165, 1.54) is 6.92 Å². The molecule has 2 aromatic rings. The highest BCUT2D eigenvalue weighted by Gasteiger charge is 2.24. The first-order chi connectivity index (χ1) is 11.4. The molecule has 0 bridgehead atoms. The Hall–Kier alpha value is -1.82. The lowest BCUT2D eigenvalue weighted by molar-refractivity contribution is 0.0520. The number of aromatic hydroxyl groups is 1. The number of thiophene rings is 1. The van der Waals surface area contributed by atoms with E-state index in [4.69, 9.17) is 13.0 Å². The second-order valence-corrected chi connectivity index (χ2v) is 4.47. The maximum atomic E-state index is 12.8. The van der Waals surface area contributed by atoms with Crippen LogP contribution in [0.3, 0.4) is 0 Å². The van der Waals surface area contributed by atoms with Gasteiger partial charge in [0.15, 0.2) is 5.56 Å². The van der Waals surface area contributed by atoms with Crippen LogP contribution in [-0.4, -0.2) is 22.2 Å². The number of carbonyl (C=O) groups excluding carboxylic acids is 1. The molecule has 5 nitrogen and oxygen atoms in total. The molecule has 0 fully saturated rings. The van der Waals surface area contributed by atoms with E-state index in [1.807, 2.05) is 0 Å². The van der Waals surface area contributed by atoms with E-state index in [-0.39, 0.29) is 22.2 Å². The zero-order valence-electron chi connectivity index (χ0n) is 16.2. The molecular formula is C13H15NO4S. The Bertz CT molecular complexity index is 914. The standard InChI is InChI=1S/C13H15NO4S/c1-4-18-13(17)9-10(15)8-5-6-19-12(8)14(7(2)3)11(9)16/h5-7,15H,4H2,1-3H3/i2D3,5D,6D,7D. The van der Waals surface area contributed by atoms with Gasteiger partial charge in [-0.05, 0) is 32.1 Å². The second kappa shape index (κ2) is 5.05. The van der Waals surface area contributed by atoms with E-state index in [2.05, 4.69) is 0 Å². The predicted octanol–water partition coefficient (Wildman–Crippen LogP) is 2.53. The number of hydrogen-bond acceptors (Lipinski definition) is 5. The van der Waals surface area contributed by atoms with Crippen LogP contribution in [0.25, 0.3) is 10.2 Å². The molecule has 0 aromatic carbocycles. The maximum Gasteiger partial charge on any atom is 0.347 e. The van der Waals surface area contributed by atoms with Gasteiger partial charge in [-0.25, -0.2) is 4.79 Å². The van der Waals surface area contributed by atoms with E-state index in [1.54, 1.807) is 0 Å². The van der Waals surface area contributed by atoms with Gasteiger partial charge in [0.05, 0.1) is 16.1 Å². The highest BCUT2D eigenvalue weighted by Crippen LogP contribution is 2.31. The van der Waals surface area contributed by atoms with Crippen LogP contribution in [0.5, 0.6) is 5.75 Å². The highest BCUT2D eigenvalue weighted by molar-refractivity contribution is 7.16. The third-order valence-electron chi connectivity index (χ3n) is 2.45. The summed E-state index contributed by atoms with van der Waals surface area (Å²) in [5.41, 5.74) is -2.08. The summed E-state index contributed by atoms with van der Waals surface area (Å²) in [6, 6.07) is -2.97. The number of esters is 1. The van der Waals surface area contributed by atoms with Gasteiger partial charge in [-0.1, -0.05) is 0 Å². The van der Waals surface area contributed by atoms with Crippen molar-refractivity contribution >= 4 is 27.5 Å². The fourth-order valence-electron chi connectivity index (χ4n) is 1.67. The predicted molar refractivity (Wildman–Crippen MR) is 74.1 cm³/mol. The van der Waals surface area contributed by atoms with Gasteiger partial charge in [0, 0.05) is 10.1 Å². The number of fused-ring (bicyclic) bond motifs is 1. The average Bonchev–Trinajstić information content (AvgIpc) is 2.73. The van der Waals surface area contributed by atoms with Crippen molar-refractivity contribution in [2.75, 3.05) is 6.61 Å². The van der Waals surface area contributed by atoms with E-state index < -0.39 is 41.8 Å². The number of hydrogen-bond donors (Lipinski definition) is 1. The summed E-state index contributed by atoms with van der Waals surface area (Å²) in [5, 5.41) is 9.62. The van der Waals surface area contributed by atoms with Crippen LogP contribution in [0.2, 0.25) is 0 Å². The average molecular weight is 287 g/mol. The molecule has 0 saturated heterocycles. The number of rotatable bonds is 3. The third kappa shape index (κ3) is 2.12. The van der Waals surface area contributed by atoms with Crippen molar-refractivity contribution in [3.8, 4) is 5.75 Å². The summed E-state index contributed by atoms with van der Waals surface area (Å²) in [4.78, 5) is 24.6. The lowest BCUT2D eigenvalue weighted by atomic mass is 10.2. The molecule has 19 heavy (non-hydrogen) atoms. The number of pyridine rings is 1. The Morgan fingerprint density at radius 3 is 3.16 bits per heavy atom. The van der Waals surface area contributed by atoms with Crippen molar-refractivity contribution in [2.45, 2.75) is 26.7 Å². The quantitative estimate of drug-likeness (QED) is 0.881. The van der Waals surface area contributed by atoms with Crippen molar-refractivity contribution in [1.82, 2.24) is 4.57 Å². The Morgan fingerprint density at radius 2 is 2.53 bits per heavy atom. The molecule has 0 aliphatic rings. The van der Waals surface area contributed by atoms with Gasteiger partial charge in [-0.3, -0.25) is 9.36 Å². The Kier molecular flexibility index (Phi) is 2.04. The summed E-state index contributed by atoms with van der Waals surface area (Å²) >= 11 is 0.570. The van der Waals surface area contributed by atoms with E-state index in [0.29, 0.717) is 15.9 Å². The van der Waals surface area contributed by atoms with Gasteiger partial charge >= 0.3 is 5.97 Å². The fourth-order valence-corrected chi connectivity index (χ4v) is 2.48. The molecule has 1 unspecified atom stereocenters. The zero-order valence-corrected chi connectivity index (χ0v) is 11.1. The summed E-state index contributed by atoms with van der Waals surface area (Å²) in [6.07, 6.45) is 0. The minimum Gasteiger partial charge on any atom is -0.506 e. The van der Waals surface area contributed by atoms with Crippen LogP contribution in [0.4, 0.5) is 0 Å². The summed E-state index contributed by atoms with van der Waals surface area (Å²) in [7, 11) is 0. The monoisotopic (exact) mass is 287 g/mol. The van der Waals surface area contributed by atoms with E-state index in [0.717, 1.165) is 6.92 Å². The summed E-state index contributed by atoms with van der Waals surface area (Å²) in [6.45, 7) is -0.625. The Labute approximate surface area is 122 Å². The molecule has 0 radical (unpaired) electrons. The van der Waals surface area contributed by atoms with Gasteiger partial charge in [-0.15, -0.1) is 11.3 Å². The minimum absolute atomic E-state index is 0.103. The molecule has 6 heteroatoms. The molecular weight excluding hydrogens is 266 g/mol. The minimum atomic E-state index is -2.96. The molecule has 2 rings (SSSR count). The van der Waals surface area contributed by atoms with Crippen LogP contribution in [0.15, 0.2) is 16.2 Å². The van der Waals surface area contributed by atoms with Crippen LogP contribution in [0.1, 0.15) is 45.3 Å². The molecule has 0 spiro atoms. The SMILES string of the molecule is [2H]c1sc2c(c1[2H])c(O)c(C(=O)OCC)c(=O)n2C([2H])(C)C([2H])([2H])[2H]. The van der Waals surface area contributed by atoms with E-state index >= 15 is 0 Å². The smallest absolute Gasteiger partial charge is 0.347 e. The third-order valence-corrected chi connectivity index (χ3v) is 3.23. The van der Waals surface area contributed by atoms with Crippen molar-refractivity contribution in [3.63, 3.8) is 0 Å². The molecule has 1 atom stereocenters. The Balaban J connectivity index is 3.07. The van der Waals surface area contributed by atoms with Gasteiger partial charge in [0.25, 0.3) is 5.56 Å². The van der Waals surface area contributed by atoms with Gasteiger partial charge in [0.1, 0.15) is 10.6 Å². The van der Waals surface area contributed by atoms with Crippen molar-refractivity contribution in [1.29, 1.82) is 0 Å². The molecule has 2 aromatic heterocycles. The number of nitrogens with zero attached hydrogens (tertiary/aromatic N) is 1. The second-order valence-electron chi connectivity index (χ2n) is 3.68. The highest BCUT2D eigenvalue weighted by atomic mass is 32.1. The van der Waals surface area contributed by atoms with E-state index in [9.17, 15) is 14.7 Å². The van der Waals surface area contributed by atoms with Gasteiger partial charge in [0.2, 0.25) is 0 Å². The molecule has 0 saturated carbocycles. The van der Waals surface area contributed by atoms with Crippen LogP contribution < -0.4 is 5.56 Å². The summed E-state index contributed by atoms with van der Waals surface area (Å²) < 4.78 is 51.6. The van der Waals surface area contributed by atoms with Gasteiger partial charge < -0.3 is 9.84 Å². The molecule has 102 valence electrons. The number of ether oxygens (including phenoxy) is 1. The maximum absolute atomic E-state index is 12.8. The number of aromatic nitrogens is 1. The topological polar surface area (TPSA) is 68.5 Å². The van der Waals surface area contributed by atoms with Crippen LogP contribution >= 0.6 is 11.3 Å². The molecule has 0 aliphatic heterocycles. The molecule has 2 heterocycles. The Morgan fingerprint density at radius 1 is 1.79 bits per heavy atom. The van der Waals surface area contributed by atoms with Crippen molar-refractivity contribution < 1.29 is 22.9 Å². The molecule has 1 N–H and O–H groups in total. The largest absolute Gasteiger partial charge is 0.506 e. The molecule has 0 aliphatic carbocycles.